The van der Waals surface area contributed by atoms with Crippen molar-refractivity contribution in [3.8, 4) is 5.75 Å². The first kappa shape index (κ1) is 20.3. The Labute approximate surface area is 173 Å². The lowest BCUT2D eigenvalue weighted by atomic mass is 9.83. The third kappa shape index (κ3) is 4.42. The van der Waals surface area contributed by atoms with Crippen LogP contribution in [0, 0.1) is 5.82 Å². The van der Waals surface area contributed by atoms with E-state index in [1.807, 2.05) is 0 Å². The lowest BCUT2D eigenvalue weighted by molar-refractivity contribution is -0.124. The molecule has 4 rings (SSSR count). The predicted octanol–water partition coefficient (Wildman–Crippen LogP) is 3.34. The van der Waals surface area contributed by atoms with Crippen molar-refractivity contribution in [3.63, 3.8) is 0 Å². The van der Waals surface area contributed by atoms with Crippen LogP contribution in [0.25, 0.3) is 6.08 Å². The van der Waals surface area contributed by atoms with E-state index < -0.39 is 11.5 Å². The molecule has 1 unspecified atom stereocenters. The second-order valence-electron chi connectivity index (χ2n) is 7.89. The Bertz CT molecular complexity index is 989. The molecular weight excluding hydrogens is 387 g/mol. The van der Waals surface area contributed by atoms with Gasteiger partial charge in [-0.1, -0.05) is 18.2 Å². The summed E-state index contributed by atoms with van der Waals surface area (Å²) >= 11 is 0. The number of hydroxylamine groups is 1. The van der Waals surface area contributed by atoms with Crippen LogP contribution >= 0.6 is 0 Å². The number of piperidine rings is 1. The van der Waals surface area contributed by atoms with Crippen LogP contribution in [0.4, 0.5) is 4.39 Å². The smallest absolute Gasteiger partial charge is 0.267 e. The molecule has 0 aromatic heterocycles. The van der Waals surface area contributed by atoms with Crippen molar-refractivity contribution in [1.82, 2.24) is 10.4 Å². The molecule has 2 aliphatic heterocycles. The number of benzene rings is 2. The minimum absolute atomic E-state index is 0.0155. The second-order valence-corrected chi connectivity index (χ2v) is 7.89. The molecule has 0 saturated carbocycles. The largest absolute Gasteiger partial charge is 0.485 e. The van der Waals surface area contributed by atoms with Crippen LogP contribution in [0.5, 0.6) is 5.75 Å². The minimum atomic E-state index is -0.641. The quantitative estimate of drug-likeness (QED) is 0.459. The summed E-state index contributed by atoms with van der Waals surface area (Å²) in [5.41, 5.74) is 3.17. The molecule has 2 aromatic rings. The van der Waals surface area contributed by atoms with Crippen LogP contribution in [-0.4, -0.2) is 40.5 Å². The molecule has 2 heterocycles. The number of likely N-dealkylation sites (tertiary alicyclic amines) is 1. The van der Waals surface area contributed by atoms with Gasteiger partial charge in [-0.05, 0) is 60.9 Å². The van der Waals surface area contributed by atoms with E-state index in [1.54, 1.807) is 30.3 Å². The Hall–Kier alpha value is -3.03. The summed E-state index contributed by atoms with van der Waals surface area (Å²) in [5, 5.41) is 8.57. The molecule has 30 heavy (non-hydrogen) atoms. The number of hydrogen-bond acceptors (Lipinski definition) is 5. The van der Waals surface area contributed by atoms with E-state index in [-0.39, 0.29) is 11.6 Å². The standard InChI is InChI=1S/C23H23FN2O4/c24-18-6-2-17(3-7-18)14-26-11-1-10-23(15-26)13-20(27)19-12-16(4-8-21(19)30-23)5-9-22(28)25-29/h2-9,12,29H,1,10-11,13-15H2,(H,25,28). The van der Waals surface area contributed by atoms with E-state index in [0.717, 1.165) is 24.9 Å². The number of amides is 1. The second kappa shape index (κ2) is 8.38. The highest BCUT2D eigenvalue weighted by molar-refractivity contribution is 6.01. The van der Waals surface area contributed by atoms with Crippen molar-refractivity contribution < 1.29 is 23.9 Å². The van der Waals surface area contributed by atoms with E-state index in [0.29, 0.717) is 36.4 Å². The monoisotopic (exact) mass is 410 g/mol. The fourth-order valence-corrected chi connectivity index (χ4v) is 4.23. The Morgan fingerprint density at radius 1 is 1.27 bits per heavy atom. The maximum absolute atomic E-state index is 13.2. The van der Waals surface area contributed by atoms with Gasteiger partial charge in [-0.2, -0.15) is 0 Å². The highest BCUT2D eigenvalue weighted by atomic mass is 19.1. The van der Waals surface area contributed by atoms with Gasteiger partial charge < -0.3 is 4.74 Å². The molecule has 2 aliphatic rings. The lowest BCUT2D eigenvalue weighted by Crippen LogP contribution is -2.54. The molecule has 2 N–H and O–H groups in total. The van der Waals surface area contributed by atoms with E-state index in [9.17, 15) is 14.0 Å². The molecule has 1 fully saturated rings. The average molecular weight is 410 g/mol. The summed E-state index contributed by atoms with van der Waals surface area (Å²) in [7, 11) is 0. The van der Waals surface area contributed by atoms with E-state index in [4.69, 9.17) is 9.94 Å². The number of carbonyl (C=O) groups is 2. The van der Waals surface area contributed by atoms with Crippen molar-refractivity contribution in [2.45, 2.75) is 31.4 Å². The number of nitrogens with one attached hydrogen (secondary N) is 1. The summed E-state index contributed by atoms with van der Waals surface area (Å²) in [4.78, 5) is 26.3. The van der Waals surface area contributed by atoms with Gasteiger partial charge >= 0.3 is 0 Å². The van der Waals surface area contributed by atoms with Crippen molar-refractivity contribution in [1.29, 1.82) is 0 Å². The Morgan fingerprint density at radius 3 is 2.83 bits per heavy atom. The van der Waals surface area contributed by atoms with Gasteiger partial charge in [0.25, 0.3) is 5.91 Å². The molecule has 2 aromatic carbocycles. The van der Waals surface area contributed by atoms with Crippen molar-refractivity contribution >= 4 is 17.8 Å². The van der Waals surface area contributed by atoms with Gasteiger partial charge in [0, 0.05) is 19.2 Å². The Balaban J connectivity index is 1.50. The molecule has 7 heteroatoms. The van der Waals surface area contributed by atoms with Crippen molar-refractivity contribution in [2.75, 3.05) is 13.1 Å². The zero-order valence-electron chi connectivity index (χ0n) is 16.4. The SMILES string of the molecule is O=C(C=Cc1ccc2c(c1)C(=O)CC1(CCCN(Cc3ccc(F)cc3)C1)O2)NO. The van der Waals surface area contributed by atoms with Crippen molar-refractivity contribution in [3.05, 3.63) is 71.0 Å². The molecular formula is C23H23FN2O4. The third-order valence-electron chi connectivity index (χ3n) is 5.59. The van der Waals surface area contributed by atoms with E-state index in [1.165, 1.54) is 29.8 Å². The number of ketones is 1. The summed E-state index contributed by atoms with van der Waals surface area (Å²) < 4.78 is 19.5. The van der Waals surface area contributed by atoms with Gasteiger partial charge in [0.2, 0.25) is 0 Å². The fourth-order valence-electron chi connectivity index (χ4n) is 4.23. The van der Waals surface area contributed by atoms with Crippen LogP contribution in [0.3, 0.4) is 0 Å². The number of Topliss-reactive ketones (excluding diaryl/α,β-unsaturated/α-hetero) is 1. The predicted molar refractivity (Wildman–Crippen MR) is 109 cm³/mol. The Kier molecular flexibility index (Phi) is 5.65. The summed E-state index contributed by atoms with van der Waals surface area (Å²) in [6, 6.07) is 11.7. The number of halogens is 1. The molecule has 1 spiro atoms. The Morgan fingerprint density at radius 2 is 2.07 bits per heavy atom. The first-order valence-corrected chi connectivity index (χ1v) is 9.92. The van der Waals surface area contributed by atoms with E-state index in [2.05, 4.69) is 4.90 Å². The molecule has 0 radical (unpaired) electrons. The van der Waals surface area contributed by atoms with Gasteiger partial charge in [0.05, 0.1) is 12.0 Å². The third-order valence-corrected chi connectivity index (χ3v) is 5.59. The average Bonchev–Trinajstić information content (AvgIpc) is 2.74. The number of carbonyl (C=O) groups excluding carboxylic acids is 2. The van der Waals surface area contributed by atoms with E-state index >= 15 is 0 Å². The number of rotatable bonds is 4. The van der Waals surface area contributed by atoms with Gasteiger partial charge in [0.1, 0.15) is 17.2 Å². The number of hydrogen-bond donors (Lipinski definition) is 2. The topological polar surface area (TPSA) is 78.9 Å². The van der Waals surface area contributed by atoms with Gasteiger partial charge in [-0.25, -0.2) is 9.87 Å². The molecule has 1 saturated heterocycles. The number of fused-ring (bicyclic) bond motifs is 1. The first-order chi connectivity index (χ1) is 14.5. The van der Waals surface area contributed by atoms with Crippen LogP contribution < -0.4 is 10.2 Å². The zero-order chi connectivity index (χ0) is 21.1. The highest BCUT2D eigenvalue weighted by Gasteiger charge is 2.43. The lowest BCUT2D eigenvalue weighted by Gasteiger charge is -2.45. The molecule has 6 nitrogen and oxygen atoms in total. The number of ether oxygens (including phenoxy) is 1. The molecule has 1 atom stereocenters. The first-order valence-electron chi connectivity index (χ1n) is 9.92. The molecule has 0 aliphatic carbocycles. The summed E-state index contributed by atoms with van der Waals surface area (Å²) in [5.74, 6) is -0.323. The maximum Gasteiger partial charge on any atom is 0.267 e. The van der Waals surface area contributed by atoms with Gasteiger partial charge in [0.15, 0.2) is 5.78 Å². The summed E-state index contributed by atoms with van der Waals surface area (Å²) in [6.45, 7) is 2.22. The molecule has 0 bridgehead atoms. The fraction of sp³-hybridized carbons (Fsp3) is 0.304. The van der Waals surface area contributed by atoms with Crippen LogP contribution in [-0.2, 0) is 11.3 Å². The van der Waals surface area contributed by atoms with Gasteiger partial charge in [-0.15, -0.1) is 0 Å². The van der Waals surface area contributed by atoms with Crippen LogP contribution in [0.15, 0.2) is 48.5 Å². The van der Waals surface area contributed by atoms with Crippen LogP contribution in [0.2, 0.25) is 0 Å². The maximum atomic E-state index is 13.2. The van der Waals surface area contributed by atoms with Crippen LogP contribution in [0.1, 0.15) is 40.7 Å². The van der Waals surface area contributed by atoms with Gasteiger partial charge in [-0.3, -0.25) is 19.7 Å². The highest BCUT2D eigenvalue weighted by Crippen LogP contribution is 2.39. The number of nitrogens with zero attached hydrogens (tertiary/aromatic N) is 1. The van der Waals surface area contributed by atoms with Crippen molar-refractivity contribution in [2.24, 2.45) is 0 Å². The molecule has 1 amide bonds. The zero-order valence-corrected chi connectivity index (χ0v) is 16.4. The molecule has 156 valence electrons. The normalized spacial score (nSPS) is 21.5. The summed E-state index contributed by atoms with van der Waals surface area (Å²) in [6.07, 6.45) is 4.72. The minimum Gasteiger partial charge on any atom is -0.485 e.